The molecule has 0 saturated carbocycles. The van der Waals surface area contributed by atoms with Gasteiger partial charge in [0, 0.05) is 23.8 Å². The van der Waals surface area contributed by atoms with Gasteiger partial charge in [0.05, 0.1) is 5.75 Å². The van der Waals surface area contributed by atoms with Crippen molar-refractivity contribution in [2.75, 3.05) is 18.8 Å². The van der Waals surface area contributed by atoms with Crippen LogP contribution in [0.15, 0.2) is 22.8 Å². The van der Waals surface area contributed by atoms with Crippen LogP contribution in [0.1, 0.15) is 17.4 Å². The van der Waals surface area contributed by atoms with Gasteiger partial charge in [-0.1, -0.05) is 6.92 Å². The molecular formula is C10H14BrN3O3S. The summed E-state index contributed by atoms with van der Waals surface area (Å²) in [4.78, 5) is 15.5. The van der Waals surface area contributed by atoms with Crippen LogP contribution in [0.4, 0.5) is 0 Å². The van der Waals surface area contributed by atoms with E-state index in [1.165, 1.54) is 6.20 Å². The van der Waals surface area contributed by atoms with Gasteiger partial charge in [0.1, 0.15) is 5.69 Å². The van der Waals surface area contributed by atoms with Crippen molar-refractivity contribution in [3.63, 3.8) is 0 Å². The quantitative estimate of drug-likeness (QED) is 0.792. The topological polar surface area (TPSA) is 88.2 Å². The van der Waals surface area contributed by atoms with Gasteiger partial charge in [-0.05, 0) is 28.1 Å². The molecule has 0 radical (unpaired) electrons. The number of rotatable bonds is 6. The molecule has 8 heteroatoms. The van der Waals surface area contributed by atoms with Gasteiger partial charge in [0.25, 0.3) is 5.91 Å². The second kappa shape index (κ2) is 6.81. The van der Waals surface area contributed by atoms with E-state index in [9.17, 15) is 13.2 Å². The van der Waals surface area contributed by atoms with E-state index >= 15 is 0 Å². The Bertz CT molecular complexity index is 502. The molecule has 0 aliphatic carbocycles. The van der Waals surface area contributed by atoms with Crippen molar-refractivity contribution in [2.45, 2.75) is 6.92 Å². The van der Waals surface area contributed by atoms with Crippen LogP contribution >= 0.6 is 15.9 Å². The summed E-state index contributed by atoms with van der Waals surface area (Å²) in [7, 11) is -3.31. The minimum atomic E-state index is -3.31. The van der Waals surface area contributed by atoms with Crippen molar-refractivity contribution < 1.29 is 13.2 Å². The molecular weight excluding hydrogens is 322 g/mol. The first kappa shape index (κ1) is 15.1. The molecule has 1 amide bonds. The normalized spacial score (nSPS) is 11.2. The number of nitrogens with one attached hydrogen (secondary N) is 2. The average Bonchev–Trinajstić information content (AvgIpc) is 2.29. The van der Waals surface area contributed by atoms with Crippen LogP contribution < -0.4 is 10.0 Å². The number of pyridine rings is 1. The second-order valence-corrected chi connectivity index (χ2v) is 6.28. The van der Waals surface area contributed by atoms with Crippen LogP contribution in [0.5, 0.6) is 0 Å². The van der Waals surface area contributed by atoms with E-state index in [1.54, 1.807) is 19.1 Å². The van der Waals surface area contributed by atoms with Gasteiger partial charge in [-0.25, -0.2) is 18.1 Å². The average molecular weight is 336 g/mol. The number of amides is 1. The number of aromatic nitrogens is 1. The summed E-state index contributed by atoms with van der Waals surface area (Å²) in [6.07, 6.45) is 1.50. The molecule has 1 aromatic rings. The lowest BCUT2D eigenvalue weighted by atomic mass is 10.3. The van der Waals surface area contributed by atoms with Crippen LogP contribution in [0.2, 0.25) is 0 Å². The fourth-order valence-corrected chi connectivity index (χ4v) is 2.38. The number of carbonyl (C=O) groups is 1. The van der Waals surface area contributed by atoms with E-state index < -0.39 is 15.9 Å². The first-order valence-electron chi connectivity index (χ1n) is 5.31. The summed E-state index contributed by atoms with van der Waals surface area (Å²) in [5, 5.41) is 2.50. The van der Waals surface area contributed by atoms with Gasteiger partial charge >= 0.3 is 0 Å². The molecule has 1 heterocycles. The summed E-state index contributed by atoms with van der Waals surface area (Å²) in [5.74, 6) is -0.544. The number of nitrogens with zero attached hydrogens (tertiary/aromatic N) is 1. The fraction of sp³-hybridized carbons (Fsp3) is 0.400. The smallest absolute Gasteiger partial charge is 0.269 e. The lowest BCUT2D eigenvalue weighted by molar-refractivity contribution is 0.0951. The van der Waals surface area contributed by atoms with Crippen LogP contribution in [0.25, 0.3) is 0 Å². The number of carbonyl (C=O) groups excluding carboxylic acids is 1. The van der Waals surface area contributed by atoms with E-state index in [-0.39, 0.29) is 18.0 Å². The van der Waals surface area contributed by atoms with Gasteiger partial charge in [-0.3, -0.25) is 4.79 Å². The predicted octanol–water partition coefficient (Wildman–Crippen LogP) is 0.513. The zero-order chi connectivity index (χ0) is 13.6. The van der Waals surface area contributed by atoms with E-state index in [2.05, 4.69) is 31.0 Å². The first-order chi connectivity index (χ1) is 8.44. The third-order valence-corrected chi connectivity index (χ3v) is 3.92. The zero-order valence-corrected chi connectivity index (χ0v) is 12.2. The minimum absolute atomic E-state index is 0.0475. The maximum absolute atomic E-state index is 11.6. The second-order valence-electron chi connectivity index (χ2n) is 3.43. The number of sulfonamides is 1. The van der Waals surface area contributed by atoms with Gasteiger partial charge in [0.2, 0.25) is 10.0 Å². The molecule has 0 fully saturated rings. The SMILES string of the molecule is CCNS(=O)(=O)CCNC(=O)c1ccc(Br)cn1. The van der Waals surface area contributed by atoms with Crippen LogP contribution in [-0.2, 0) is 10.0 Å². The molecule has 2 N–H and O–H groups in total. The highest BCUT2D eigenvalue weighted by atomic mass is 79.9. The summed E-state index contributed by atoms with van der Waals surface area (Å²) < 4.78 is 25.7. The third-order valence-electron chi connectivity index (χ3n) is 1.98. The Balaban J connectivity index is 2.45. The Kier molecular flexibility index (Phi) is 5.70. The van der Waals surface area contributed by atoms with Crippen molar-refractivity contribution in [1.82, 2.24) is 15.0 Å². The van der Waals surface area contributed by atoms with Crippen molar-refractivity contribution in [2.24, 2.45) is 0 Å². The third kappa shape index (κ3) is 5.11. The first-order valence-corrected chi connectivity index (χ1v) is 7.76. The highest BCUT2D eigenvalue weighted by Crippen LogP contribution is 2.07. The van der Waals surface area contributed by atoms with Crippen molar-refractivity contribution >= 4 is 31.9 Å². The highest BCUT2D eigenvalue weighted by Gasteiger charge is 2.10. The van der Waals surface area contributed by atoms with E-state index in [0.29, 0.717) is 6.54 Å². The Hall–Kier alpha value is -0.990. The molecule has 0 unspecified atom stereocenters. The zero-order valence-electron chi connectivity index (χ0n) is 9.81. The van der Waals surface area contributed by atoms with Crippen molar-refractivity contribution in [3.05, 3.63) is 28.5 Å². The molecule has 0 spiro atoms. The highest BCUT2D eigenvalue weighted by molar-refractivity contribution is 9.10. The fourth-order valence-electron chi connectivity index (χ4n) is 1.19. The lowest BCUT2D eigenvalue weighted by Gasteiger charge is -2.06. The standard InChI is InChI=1S/C10H14BrN3O3S/c1-2-14-18(16,17)6-5-12-10(15)9-4-3-8(11)7-13-9/h3-4,7,14H,2,5-6H2,1H3,(H,12,15). The molecule has 0 aromatic carbocycles. The Morgan fingerprint density at radius 1 is 1.44 bits per heavy atom. The van der Waals surface area contributed by atoms with Crippen molar-refractivity contribution in [1.29, 1.82) is 0 Å². The molecule has 1 rings (SSSR count). The lowest BCUT2D eigenvalue weighted by Crippen LogP contribution is -2.34. The van der Waals surface area contributed by atoms with Gasteiger partial charge < -0.3 is 5.32 Å². The monoisotopic (exact) mass is 335 g/mol. The van der Waals surface area contributed by atoms with E-state index in [0.717, 1.165) is 4.47 Å². The van der Waals surface area contributed by atoms with Crippen molar-refractivity contribution in [3.8, 4) is 0 Å². The number of halogens is 1. The molecule has 0 saturated heterocycles. The Labute approximate surface area is 114 Å². The van der Waals surface area contributed by atoms with E-state index in [1.807, 2.05) is 0 Å². The summed E-state index contributed by atoms with van der Waals surface area (Å²) in [6.45, 7) is 2.08. The largest absolute Gasteiger partial charge is 0.350 e. The molecule has 100 valence electrons. The van der Waals surface area contributed by atoms with Crippen LogP contribution in [0.3, 0.4) is 0 Å². The summed E-state index contributed by atoms with van der Waals surface area (Å²) in [6, 6.07) is 3.25. The molecule has 0 aliphatic rings. The van der Waals surface area contributed by atoms with Crippen LogP contribution in [0, 0.1) is 0 Å². The molecule has 18 heavy (non-hydrogen) atoms. The summed E-state index contributed by atoms with van der Waals surface area (Å²) in [5.41, 5.74) is 0.249. The molecule has 0 atom stereocenters. The number of hydrogen-bond acceptors (Lipinski definition) is 4. The van der Waals surface area contributed by atoms with E-state index in [4.69, 9.17) is 0 Å². The Morgan fingerprint density at radius 3 is 2.72 bits per heavy atom. The van der Waals surface area contributed by atoms with Gasteiger partial charge in [-0.2, -0.15) is 0 Å². The van der Waals surface area contributed by atoms with Crippen LogP contribution in [-0.4, -0.2) is 38.2 Å². The molecule has 6 nitrogen and oxygen atoms in total. The molecule has 0 aliphatic heterocycles. The maximum atomic E-state index is 11.6. The van der Waals surface area contributed by atoms with Gasteiger partial charge in [0.15, 0.2) is 0 Å². The maximum Gasteiger partial charge on any atom is 0.269 e. The van der Waals surface area contributed by atoms with Gasteiger partial charge in [-0.15, -0.1) is 0 Å². The summed E-state index contributed by atoms with van der Waals surface area (Å²) >= 11 is 3.21. The molecule has 0 bridgehead atoms. The number of hydrogen-bond donors (Lipinski definition) is 2. The minimum Gasteiger partial charge on any atom is -0.350 e. The molecule has 1 aromatic heterocycles. The Morgan fingerprint density at radius 2 is 2.17 bits per heavy atom. The predicted molar refractivity (Wildman–Crippen MR) is 71.7 cm³/mol.